The highest BCUT2D eigenvalue weighted by atomic mass is 79.9. The maximum absolute atomic E-state index is 5.83. The van der Waals surface area contributed by atoms with Crippen LogP contribution >= 0.6 is 15.9 Å². The fourth-order valence-electron chi connectivity index (χ4n) is 2.16. The second kappa shape index (κ2) is 6.63. The van der Waals surface area contributed by atoms with Crippen molar-refractivity contribution < 1.29 is 4.74 Å². The lowest BCUT2D eigenvalue weighted by Crippen LogP contribution is -2.15. The summed E-state index contributed by atoms with van der Waals surface area (Å²) < 4.78 is 6.95. The van der Waals surface area contributed by atoms with Gasteiger partial charge < -0.3 is 10.1 Å². The van der Waals surface area contributed by atoms with Crippen molar-refractivity contribution in [2.45, 2.75) is 39.0 Å². The van der Waals surface area contributed by atoms with E-state index in [1.807, 2.05) is 12.1 Å². The number of nitrogens with one attached hydrogen (secondary N) is 1. The van der Waals surface area contributed by atoms with E-state index in [1.54, 1.807) is 0 Å². The molecule has 2 nitrogen and oxygen atoms in total. The van der Waals surface area contributed by atoms with Crippen LogP contribution in [-0.2, 0) is 13.2 Å². The third kappa shape index (κ3) is 4.32. The molecule has 0 aliphatic heterocycles. The zero-order valence-corrected chi connectivity index (χ0v) is 13.8. The summed E-state index contributed by atoms with van der Waals surface area (Å²) >= 11 is 3.65. The lowest BCUT2D eigenvalue weighted by atomic mass is 10.1. The average Bonchev–Trinajstić information content (AvgIpc) is 3.30. The highest BCUT2D eigenvalue weighted by Crippen LogP contribution is 2.23. The quantitative estimate of drug-likeness (QED) is 0.826. The molecule has 110 valence electrons. The summed E-state index contributed by atoms with van der Waals surface area (Å²) in [5, 5.41) is 3.53. The van der Waals surface area contributed by atoms with Gasteiger partial charge >= 0.3 is 0 Å². The van der Waals surface area contributed by atoms with Crippen LogP contribution in [0.25, 0.3) is 0 Å². The highest BCUT2D eigenvalue weighted by Gasteiger charge is 2.19. The highest BCUT2D eigenvalue weighted by molar-refractivity contribution is 9.10. The number of hydrogen-bond donors (Lipinski definition) is 1. The molecule has 0 aromatic heterocycles. The second-order valence-corrected chi connectivity index (χ2v) is 6.54. The van der Waals surface area contributed by atoms with Crippen LogP contribution < -0.4 is 10.1 Å². The molecule has 1 aliphatic carbocycles. The first kappa shape index (κ1) is 14.6. The zero-order valence-electron chi connectivity index (χ0n) is 12.2. The van der Waals surface area contributed by atoms with E-state index in [-0.39, 0.29) is 0 Å². The third-order valence-corrected chi connectivity index (χ3v) is 4.44. The molecule has 1 N–H and O–H groups in total. The Labute approximate surface area is 134 Å². The van der Waals surface area contributed by atoms with Crippen LogP contribution in [0.4, 0.5) is 0 Å². The monoisotopic (exact) mass is 345 g/mol. The summed E-state index contributed by atoms with van der Waals surface area (Å²) in [4.78, 5) is 0. The van der Waals surface area contributed by atoms with Gasteiger partial charge in [0.15, 0.2) is 0 Å². The molecule has 2 aromatic rings. The van der Waals surface area contributed by atoms with Crippen molar-refractivity contribution in [3.05, 3.63) is 63.6 Å². The van der Waals surface area contributed by atoms with Crippen LogP contribution in [0.1, 0.15) is 29.5 Å². The van der Waals surface area contributed by atoms with Crippen molar-refractivity contribution in [3.63, 3.8) is 0 Å². The molecule has 0 amide bonds. The third-order valence-electron chi connectivity index (χ3n) is 3.71. The molecule has 3 heteroatoms. The van der Waals surface area contributed by atoms with E-state index in [0.717, 1.165) is 22.8 Å². The zero-order chi connectivity index (χ0) is 14.7. The van der Waals surface area contributed by atoms with E-state index in [0.29, 0.717) is 6.61 Å². The maximum Gasteiger partial charge on any atom is 0.119 e. The molecule has 0 bridgehead atoms. The molecule has 0 unspecified atom stereocenters. The van der Waals surface area contributed by atoms with Crippen molar-refractivity contribution in [2.75, 3.05) is 0 Å². The number of benzene rings is 2. The van der Waals surface area contributed by atoms with E-state index in [4.69, 9.17) is 4.74 Å². The van der Waals surface area contributed by atoms with Gasteiger partial charge in [-0.2, -0.15) is 0 Å². The number of hydrogen-bond acceptors (Lipinski definition) is 2. The van der Waals surface area contributed by atoms with Crippen molar-refractivity contribution in [1.82, 2.24) is 5.32 Å². The molecule has 0 atom stereocenters. The smallest absolute Gasteiger partial charge is 0.119 e. The first-order valence-electron chi connectivity index (χ1n) is 7.41. The summed E-state index contributed by atoms with van der Waals surface area (Å²) in [7, 11) is 0. The minimum absolute atomic E-state index is 0.583. The summed E-state index contributed by atoms with van der Waals surface area (Å²) in [5.41, 5.74) is 3.73. The summed E-state index contributed by atoms with van der Waals surface area (Å²) in [5.74, 6) is 0.909. The number of halogens is 1. The van der Waals surface area contributed by atoms with Crippen molar-refractivity contribution in [3.8, 4) is 5.75 Å². The molecule has 0 saturated heterocycles. The lowest BCUT2D eigenvalue weighted by molar-refractivity contribution is 0.305. The Kier molecular flexibility index (Phi) is 4.61. The van der Waals surface area contributed by atoms with Crippen LogP contribution in [0.5, 0.6) is 5.75 Å². The standard InChI is InChI=1S/C18H20BrNO/c1-13-2-8-17(9-3-13)21-12-15-5-4-14(10-18(15)19)11-20-16-6-7-16/h2-5,8-10,16,20H,6-7,11-12H2,1H3. The Morgan fingerprint density at radius 2 is 1.90 bits per heavy atom. The molecule has 3 rings (SSSR count). The fourth-order valence-corrected chi connectivity index (χ4v) is 2.70. The Morgan fingerprint density at radius 1 is 1.14 bits per heavy atom. The number of aryl methyl sites for hydroxylation is 1. The molecule has 1 saturated carbocycles. The Morgan fingerprint density at radius 3 is 2.57 bits per heavy atom. The fraction of sp³-hybridized carbons (Fsp3) is 0.333. The van der Waals surface area contributed by atoms with Gasteiger partial charge in [-0.3, -0.25) is 0 Å². The molecule has 21 heavy (non-hydrogen) atoms. The van der Waals surface area contributed by atoms with Crippen molar-refractivity contribution in [2.24, 2.45) is 0 Å². The van der Waals surface area contributed by atoms with Crippen LogP contribution in [0.15, 0.2) is 46.9 Å². The van der Waals surface area contributed by atoms with Crippen molar-refractivity contribution in [1.29, 1.82) is 0 Å². The molecule has 0 radical (unpaired) electrons. The Balaban J connectivity index is 1.58. The maximum atomic E-state index is 5.83. The van der Waals surface area contributed by atoms with Gasteiger partial charge in [0.2, 0.25) is 0 Å². The van der Waals surface area contributed by atoms with Gasteiger partial charge in [-0.25, -0.2) is 0 Å². The first-order chi connectivity index (χ1) is 10.2. The summed E-state index contributed by atoms with van der Waals surface area (Å²) in [6.07, 6.45) is 2.65. The van der Waals surface area contributed by atoms with Crippen LogP contribution in [0.3, 0.4) is 0 Å². The minimum Gasteiger partial charge on any atom is -0.489 e. The SMILES string of the molecule is Cc1ccc(OCc2ccc(CNC3CC3)cc2Br)cc1. The van der Waals surface area contributed by atoms with Gasteiger partial charge in [-0.1, -0.05) is 45.8 Å². The van der Waals surface area contributed by atoms with Gasteiger partial charge in [-0.05, 0) is 43.5 Å². The molecule has 2 aromatic carbocycles. The van der Waals surface area contributed by atoms with Crippen LogP contribution in [-0.4, -0.2) is 6.04 Å². The first-order valence-corrected chi connectivity index (χ1v) is 8.20. The van der Waals surface area contributed by atoms with Gasteiger partial charge in [0, 0.05) is 22.6 Å². The predicted molar refractivity (Wildman–Crippen MR) is 89.5 cm³/mol. The summed E-state index contributed by atoms with van der Waals surface area (Å²) in [6.45, 7) is 3.61. The van der Waals surface area contributed by atoms with E-state index in [9.17, 15) is 0 Å². The molecule has 0 heterocycles. The molecule has 1 fully saturated rings. The largest absolute Gasteiger partial charge is 0.489 e. The topological polar surface area (TPSA) is 21.3 Å². The number of ether oxygens (including phenoxy) is 1. The van der Waals surface area contributed by atoms with Crippen molar-refractivity contribution >= 4 is 15.9 Å². The van der Waals surface area contributed by atoms with E-state index >= 15 is 0 Å². The number of rotatable bonds is 6. The van der Waals surface area contributed by atoms with E-state index < -0.39 is 0 Å². The lowest BCUT2D eigenvalue weighted by Gasteiger charge is -2.10. The van der Waals surface area contributed by atoms with E-state index in [1.165, 1.54) is 29.5 Å². The Bertz CT molecular complexity index is 605. The van der Waals surface area contributed by atoms with Gasteiger partial charge in [-0.15, -0.1) is 0 Å². The van der Waals surface area contributed by atoms with Gasteiger partial charge in [0.05, 0.1) is 0 Å². The second-order valence-electron chi connectivity index (χ2n) is 5.68. The van der Waals surface area contributed by atoms with Gasteiger partial charge in [0.1, 0.15) is 12.4 Å². The average molecular weight is 346 g/mol. The van der Waals surface area contributed by atoms with Gasteiger partial charge in [0.25, 0.3) is 0 Å². The van der Waals surface area contributed by atoms with E-state index in [2.05, 4.69) is 58.5 Å². The minimum atomic E-state index is 0.583. The normalized spacial score (nSPS) is 14.2. The molecular weight excluding hydrogens is 326 g/mol. The summed E-state index contributed by atoms with van der Waals surface area (Å²) in [6, 6.07) is 15.4. The molecular formula is C18H20BrNO. The van der Waals surface area contributed by atoms with Crippen LogP contribution in [0.2, 0.25) is 0 Å². The Hall–Kier alpha value is -1.32. The molecule has 0 spiro atoms. The molecule has 1 aliphatic rings. The predicted octanol–water partition coefficient (Wildman–Crippen LogP) is 4.59. The van der Waals surface area contributed by atoms with Crippen LogP contribution in [0, 0.1) is 6.92 Å².